The maximum Gasteiger partial charge on any atom is 0.331 e. The Bertz CT molecular complexity index is 357. The van der Waals surface area contributed by atoms with Gasteiger partial charge in [0.1, 0.15) is 5.60 Å². The maximum absolute atomic E-state index is 11.8. The highest BCUT2D eigenvalue weighted by Crippen LogP contribution is 2.43. The Morgan fingerprint density at radius 2 is 1.32 bits per heavy atom. The molecule has 0 fully saturated rings. The molecule has 22 heavy (non-hydrogen) atoms. The van der Waals surface area contributed by atoms with Crippen LogP contribution in [0.2, 0.25) is 16.6 Å². The summed E-state index contributed by atoms with van der Waals surface area (Å²) in [6.07, 6.45) is 3.24. The lowest BCUT2D eigenvalue weighted by atomic mass is 10.2. The molecule has 130 valence electrons. The van der Waals surface area contributed by atoms with Gasteiger partial charge in [0.05, 0.1) is 6.10 Å². The average Bonchev–Trinajstić information content (AvgIpc) is 2.29. The van der Waals surface area contributed by atoms with Crippen LogP contribution >= 0.6 is 0 Å². The van der Waals surface area contributed by atoms with Crippen molar-refractivity contribution in [1.82, 2.24) is 0 Å². The van der Waals surface area contributed by atoms with Crippen molar-refractivity contribution in [2.75, 3.05) is 0 Å². The normalized spacial score (nSPS) is 15.1. The quantitative estimate of drug-likeness (QED) is 0.353. The zero-order chi connectivity index (χ0) is 17.7. The molecule has 0 saturated carbocycles. The van der Waals surface area contributed by atoms with Crippen molar-refractivity contribution in [3.8, 4) is 0 Å². The molecule has 0 aliphatic carbocycles. The van der Waals surface area contributed by atoms with Crippen molar-refractivity contribution in [1.29, 1.82) is 0 Å². The van der Waals surface area contributed by atoms with Gasteiger partial charge in [0, 0.05) is 6.08 Å². The Morgan fingerprint density at radius 3 is 1.64 bits per heavy atom. The van der Waals surface area contributed by atoms with Crippen LogP contribution in [-0.4, -0.2) is 26.0 Å². The highest BCUT2D eigenvalue weighted by Gasteiger charge is 2.45. The van der Waals surface area contributed by atoms with Gasteiger partial charge in [-0.05, 0) is 44.3 Å². The van der Waals surface area contributed by atoms with Crippen molar-refractivity contribution in [2.45, 2.75) is 97.6 Å². The Balaban J connectivity index is 4.99. The van der Waals surface area contributed by atoms with Gasteiger partial charge in [0.15, 0.2) is 0 Å². The first kappa shape index (κ1) is 21.4. The lowest BCUT2D eigenvalue weighted by Crippen LogP contribution is -2.49. The van der Waals surface area contributed by atoms with E-state index in [9.17, 15) is 4.79 Å². The largest absolute Gasteiger partial charge is 0.457 e. The van der Waals surface area contributed by atoms with E-state index in [0.29, 0.717) is 16.6 Å². The van der Waals surface area contributed by atoms with Crippen LogP contribution in [0.1, 0.15) is 69.2 Å². The van der Waals surface area contributed by atoms with Crippen molar-refractivity contribution in [3.63, 3.8) is 0 Å². The van der Waals surface area contributed by atoms with Crippen LogP contribution in [0.3, 0.4) is 0 Å². The molecule has 0 aromatic heterocycles. The fourth-order valence-electron chi connectivity index (χ4n) is 3.32. The first-order valence-electron chi connectivity index (χ1n) is 8.42. The minimum absolute atomic E-state index is 0.0774. The monoisotopic (exact) mass is 328 g/mol. The molecule has 3 nitrogen and oxygen atoms in total. The number of hydrogen-bond donors (Lipinski definition) is 0. The molecule has 0 unspecified atom stereocenters. The summed E-state index contributed by atoms with van der Waals surface area (Å²) in [6, 6.07) is 0. The van der Waals surface area contributed by atoms with Crippen LogP contribution in [0.25, 0.3) is 0 Å². The van der Waals surface area contributed by atoms with Crippen LogP contribution in [-0.2, 0) is 14.0 Å². The smallest absolute Gasteiger partial charge is 0.331 e. The van der Waals surface area contributed by atoms with E-state index in [-0.39, 0.29) is 12.1 Å². The van der Waals surface area contributed by atoms with E-state index in [2.05, 4.69) is 41.5 Å². The van der Waals surface area contributed by atoms with Gasteiger partial charge in [-0.2, -0.15) is 0 Å². The third-order valence-electron chi connectivity index (χ3n) is 4.01. The number of rotatable bonds is 7. The van der Waals surface area contributed by atoms with Gasteiger partial charge in [-0.3, -0.25) is 0 Å². The minimum atomic E-state index is -1.91. The van der Waals surface area contributed by atoms with Crippen LogP contribution in [0, 0.1) is 0 Å². The number of carbonyl (C=O) groups is 1. The number of ether oxygens (including phenoxy) is 1. The van der Waals surface area contributed by atoms with Crippen LogP contribution in [0.15, 0.2) is 12.2 Å². The Labute approximate surface area is 138 Å². The van der Waals surface area contributed by atoms with Crippen molar-refractivity contribution in [2.24, 2.45) is 0 Å². The second kappa shape index (κ2) is 8.30. The SMILES string of the molecule is CC(C)[Si](O[C@@H](C)/C=C/C(=O)OC(C)(C)C)(C(C)C)C(C)C. The second-order valence-corrected chi connectivity index (χ2v) is 13.4. The number of carbonyl (C=O) groups excluding carboxylic acids is 1. The van der Waals surface area contributed by atoms with E-state index in [0.717, 1.165) is 0 Å². The van der Waals surface area contributed by atoms with Gasteiger partial charge in [0.25, 0.3) is 0 Å². The molecule has 1 atom stereocenters. The molecule has 0 saturated heterocycles. The molecule has 0 N–H and O–H groups in total. The van der Waals surface area contributed by atoms with E-state index >= 15 is 0 Å². The fourth-order valence-corrected chi connectivity index (χ4v) is 8.86. The lowest BCUT2D eigenvalue weighted by Gasteiger charge is -2.43. The zero-order valence-electron chi connectivity index (χ0n) is 16.2. The molecule has 0 radical (unpaired) electrons. The molecule has 0 aliphatic heterocycles. The molecular weight excluding hydrogens is 292 g/mol. The van der Waals surface area contributed by atoms with Crippen LogP contribution in [0.4, 0.5) is 0 Å². The molecule has 0 aromatic rings. The van der Waals surface area contributed by atoms with Crippen molar-refractivity contribution < 1.29 is 14.0 Å². The molecule has 0 rings (SSSR count). The number of hydrogen-bond acceptors (Lipinski definition) is 3. The summed E-state index contributed by atoms with van der Waals surface area (Å²) >= 11 is 0. The molecular formula is C18H36O3Si. The predicted octanol–water partition coefficient (Wildman–Crippen LogP) is 5.46. The van der Waals surface area contributed by atoms with Gasteiger partial charge >= 0.3 is 5.97 Å². The van der Waals surface area contributed by atoms with E-state index in [4.69, 9.17) is 9.16 Å². The summed E-state index contributed by atoms with van der Waals surface area (Å²) in [4.78, 5) is 11.8. The molecule has 0 amide bonds. The van der Waals surface area contributed by atoms with E-state index in [1.807, 2.05) is 33.8 Å². The van der Waals surface area contributed by atoms with Crippen LogP contribution < -0.4 is 0 Å². The Morgan fingerprint density at radius 1 is 0.909 bits per heavy atom. The highest BCUT2D eigenvalue weighted by molar-refractivity contribution is 6.77. The van der Waals surface area contributed by atoms with Gasteiger partial charge in [-0.1, -0.05) is 47.6 Å². The maximum atomic E-state index is 11.8. The first-order chi connectivity index (χ1) is 9.82. The summed E-state index contributed by atoms with van der Waals surface area (Å²) in [5.74, 6) is -0.311. The topological polar surface area (TPSA) is 35.5 Å². The zero-order valence-corrected chi connectivity index (χ0v) is 17.2. The molecule has 0 bridgehead atoms. The van der Waals surface area contributed by atoms with Gasteiger partial charge in [0.2, 0.25) is 8.32 Å². The van der Waals surface area contributed by atoms with Gasteiger partial charge < -0.3 is 9.16 Å². The molecule has 0 heterocycles. The van der Waals surface area contributed by atoms with Gasteiger partial charge in [-0.15, -0.1) is 0 Å². The summed E-state index contributed by atoms with van der Waals surface area (Å²) in [5.41, 5.74) is 1.14. The lowest BCUT2D eigenvalue weighted by molar-refractivity contribution is -0.148. The molecule has 0 spiro atoms. The molecule has 0 aromatic carbocycles. The van der Waals surface area contributed by atoms with Crippen LogP contribution in [0.5, 0.6) is 0 Å². The average molecular weight is 329 g/mol. The van der Waals surface area contributed by atoms with Crippen molar-refractivity contribution >= 4 is 14.3 Å². The minimum Gasteiger partial charge on any atom is -0.457 e. The third-order valence-corrected chi connectivity index (χ3v) is 10.2. The third kappa shape index (κ3) is 6.25. The van der Waals surface area contributed by atoms with Gasteiger partial charge in [-0.25, -0.2) is 4.79 Å². The Kier molecular flexibility index (Phi) is 8.07. The summed E-state index contributed by atoms with van der Waals surface area (Å²) in [7, 11) is -1.91. The molecule has 4 heteroatoms. The van der Waals surface area contributed by atoms with E-state index in [1.165, 1.54) is 6.08 Å². The summed E-state index contributed by atoms with van der Waals surface area (Å²) in [6.45, 7) is 21.2. The fraction of sp³-hybridized carbons (Fsp3) is 0.833. The Hall–Kier alpha value is -0.613. The summed E-state index contributed by atoms with van der Waals surface area (Å²) < 4.78 is 11.8. The molecule has 0 aliphatic rings. The first-order valence-corrected chi connectivity index (χ1v) is 10.6. The predicted molar refractivity (Wildman–Crippen MR) is 96.6 cm³/mol. The van der Waals surface area contributed by atoms with E-state index in [1.54, 1.807) is 0 Å². The highest BCUT2D eigenvalue weighted by atomic mass is 28.4. The standard InChI is InChI=1S/C18H36O3Si/c1-13(2)22(14(3)4,15(5)6)21-16(7)11-12-17(19)20-18(8,9)10/h11-16H,1-10H3/b12-11+/t16-/m0/s1. The van der Waals surface area contributed by atoms with Crippen molar-refractivity contribution in [3.05, 3.63) is 12.2 Å². The summed E-state index contributed by atoms with van der Waals surface area (Å²) in [5, 5.41) is 0. The second-order valence-electron chi connectivity index (χ2n) is 8.03. The number of esters is 1. The van der Waals surface area contributed by atoms with E-state index < -0.39 is 13.9 Å².